The molecule has 1 aliphatic carbocycles. The Bertz CT molecular complexity index is 1380. The standard InChI is InChI=1S/C31H34ClNO7/c1-31(2,3)40-30(37)33(18-28(35)20-6-5-7-23(32)12-20)24-10-8-19-9-11-26(15-21(19)13-24)39-27-16-22(29(36)38-4)14-25(34)17-27/h5-7,9,11-12,14-17,24,28,34-35H,8,10,13,18H2,1-4H3/t24-,28-/m0/s1. The first-order valence-corrected chi connectivity index (χ1v) is 13.4. The van der Waals surface area contributed by atoms with Crippen molar-refractivity contribution < 1.29 is 34.0 Å². The molecule has 0 radical (unpaired) electrons. The van der Waals surface area contributed by atoms with Crippen LogP contribution in [0.15, 0.2) is 60.7 Å². The number of aliphatic hydroxyl groups excluding tert-OH is 1. The number of carbonyl (C=O) groups is 2. The number of methoxy groups -OCH3 is 1. The van der Waals surface area contributed by atoms with Gasteiger partial charge in [0.2, 0.25) is 0 Å². The fraction of sp³-hybridized carbons (Fsp3) is 0.355. The van der Waals surface area contributed by atoms with Gasteiger partial charge in [0, 0.05) is 17.1 Å². The number of aryl methyl sites for hydroxylation is 1. The van der Waals surface area contributed by atoms with Crippen molar-refractivity contribution in [1.29, 1.82) is 0 Å². The monoisotopic (exact) mass is 567 g/mol. The van der Waals surface area contributed by atoms with E-state index in [2.05, 4.69) is 0 Å². The summed E-state index contributed by atoms with van der Waals surface area (Å²) in [6.45, 7) is 5.47. The Kier molecular flexibility index (Phi) is 8.91. The van der Waals surface area contributed by atoms with Gasteiger partial charge >= 0.3 is 12.1 Å². The zero-order valence-electron chi connectivity index (χ0n) is 23.0. The van der Waals surface area contributed by atoms with E-state index in [1.807, 2.05) is 39.0 Å². The largest absolute Gasteiger partial charge is 0.508 e. The van der Waals surface area contributed by atoms with Crippen molar-refractivity contribution in [3.05, 3.63) is 87.9 Å². The van der Waals surface area contributed by atoms with Gasteiger partial charge in [-0.05, 0) is 93.1 Å². The van der Waals surface area contributed by atoms with Gasteiger partial charge in [0.05, 0.1) is 25.3 Å². The molecule has 1 aliphatic rings. The van der Waals surface area contributed by atoms with E-state index in [4.69, 9.17) is 25.8 Å². The summed E-state index contributed by atoms with van der Waals surface area (Å²) < 4.78 is 16.4. The quantitative estimate of drug-likeness (QED) is 0.316. The van der Waals surface area contributed by atoms with Crippen molar-refractivity contribution in [3.63, 3.8) is 0 Å². The van der Waals surface area contributed by atoms with E-state index in [9.17, 15) is 19.8 Å². The molecule has 9 heteroatoms. The molecule has 0 unspecified atom stereocenters. The maximum Gasteiger partial charge on any atom is 0.410 e. The van der Waals surface area contributed by atoms with Gasteiger partial charge in [0.25, 0.3) is 0 Å². The van der Waals surface area contributed by atoms with Crippen LogP contribution < -0.4 is 4.74 Å². The first kappa shape index (κ1) is 29.2. The zero-order chi connectivity index (χ0) is 29.0. The van der Waals surface area contributed by atoms with Crippen LogP contribution in [0.25, 0.3) is 0 Å². The van der Waals surface area contributed by atoms with Crippen molar-refractivity contribution in [2.75, 3.05) is 13.7 Å². The van der Waals surface area contributed by atoms with Crippen LogP contribution in [0.5, 0.6) is 17.2 Å². The summed E-state index contributed by atoms with van der Waals surface area (Å²) in [7, 11) is 1.27. The number of esters is 1. The van der Waals surface area contributed by atoms with Gasteiger partial charge in [-0.3, -0.25) is 0 Å². The number of ether oxygens (including phenoxy) is 3. The molecule has 0 saturated heterocycles. The lowest BCUT2D eigenvalue weighted by atomic mass is 9.87. The van der Waals surface area contributed by atoms with Crippen molar-refractivity contribution in [2.24, 2.45) is 0 Å². The van der Waals surface area contributed by atoms with E-state index in [-0.39, 0.29) is 29.6 Å². The molecular formula is C31H34ClNO7. The SMILES string of the molecule is COC(=O)c1cc(O)cc(Oc2ccc3c(c2)C[C@@H](N(C[C@H](O)c2cccc(Cl)c2)C(=O)OC(C)(C)C)CC3)c1. The summed E-state index contributed by atoms with van der Waals surface area (Å²) in [5, 5.41) is 21.6. The van der Waals surface area contributed by atoms with E-state index in [0.29, 0.717) is 29.2 Å². The molecule has 0 fully saturated rings. The minimum atomic E-state index is -0.947. The average molecular weight is 568 g/mol. The van der Waals surface area contributed by atoms with Crippen LogP contribution in [0.4, 0.5) is 4.79 Å². The Morgan fingerprint density at radius 1 is 1.05 bits per heavy atom. The van der Waals surface area contributed by atoms with Gasteiger partial charge < -0.3 is 29.3 Å². The molecule has 3 aromatic rings. The summed E-state index contributed by atoms with van der Waals surface area (Å²) >= 11 is 6.13. The van der Waals surface area contributed by atoms with Crippen molar-refractivity contribution in [3.8, 4) is 17.2 Å². The Labute approximate surface area is 239 Å². The van der Waals surface area contributed by atoms with E-state index >= 15 is 0 Å². The summed E-state index contributed by atoms with van der Waals surface area (Å²) in [6, 6.07) is 16.6. The van der Waals surface area contributed by atoms with Crippen molar-refractivity contribution in [2.45, 2.75) is 57.8 Å². The lowest BCUT2D eigenvalue weighted by Gasteiger charge is -2.37. The van der Waals surface area contributed by atoms with Gasteiger partial charge in [-0.1, -0.05) is 29.8 Å². The number of rotatable bonds is 7. The van der Waals surface area contributed by atoms with E-state index in [1.165, 1.54) is 25.3 Å². The molecule has 0 aliphatic heterocycles. The highest BCUT2D eigenvalue weighted by molar-refractivity contribution is 6.30. The second-order valence-corrected chi connectivity index (χ2v) is 11.3. The van der Waals surface area contributed by atoms with Gasteiger partial charge in [-0.2, -0.15) is 0 Å². The first-order valence-electron chi connectivity index (χ1n) is 13.1. The second kappa shape index (κ2) is 12.2. The molecule has 0 bridgehead atoms. The number of nitrogens with zero attached hydrogens (tertiary/aromatic N) is 1. The maximum atomic E-state index is 13.3. The molecule has 3 aromatic carbocycles. The van der Waals surface area contributed by atoms with Gasteiger partial charge in [0.15, 0.2) is 0 Å². The normalized spacial score (nSPS) is 15.5. The Morgan fingerprint density at radius 3 is 2.52 bits per heavy atom. The second-order valence-electron chi connectivity index (χ2n) is 10.8. The third kappa shape index (κ3) is 7.46. The van der Waals surface area contributed by atoms with Crippen LogP contribution >= 0.6 is 11.6 Å². The number of halogens is 1. The molecular weight excluding hydrogens is 534 g/mol. The zero-order valence-corrected chi connectivity index (χ0v) is 23.8. The first-order chi connectivity index (χ1) is 18.9. The van der Waals surface area contributed by atoms with Crippen LogP contribution in [0.3, 0.4) is 0 Å². The number of aromatic hydroxyl groups is 1. The number of hydrogen-bond acceptors (Lipinski definition) is 7. The molecule has 0 heterocycles. The molecule has 0 saturated carbocycles. The molecule has 1 amide bonds. The van der Waals surface area contributed by atoms with E-state index in [1.54, 1.807) is 29.2 Å². The summed E-state index contributed by atoms with van der Waals surface area (Å²) in [5.41, 5.74) is 2.21. The summed E-state index contributed by atoms with van der Waals surface area (Å²) in [4.78, 5) is 26.9. The summed E-state index contributed by atoms with van der Waals surface area (Å²) in [6.07, 6.45) is 0.512. The minimum Gasteiger partial charge on any atom is -0.508 e. The number of carbonyl (C=O) groups excluding carboxylic acids is 2. The highest BCUT2D eigenvalue weighted by Gasteiger charge is 2.33. The molecule has 0 aromatic heterocycles. The highest BCUT2D eigenvalue weighted by Crippen LogP contribution is 2.33. The molecule has 212 valence electrons. The number of phenolic OH excluding ortho intramolecular Hbond substituents is 1. The smallest absolute Gasteiger partial charge is 0.410 e. The molecule has 40 heavy (non-hydrogen) atoms. The molecule has 8 nitrogen and oxygen atoms in total. The molecule has 2 atom stereocenters. The fourth-order valence-electron chi connectivity index (χ4n) is 4.76. The Hall–Kier alpha value is -3.75. The predicted octanol–water partition coefficient (Wildman–Crippen LogP) is 6.45. The fourth-order valence-corrected chi connectivity index (χ4v) is 4.96. The van der Waals surface area contributed by atoms with Crippen LogP contribution in [0.1, 0.15) is 60.3 Å². The highest BCUT2D eigenvalue weighted by atomic mass is 35.5. The number of fused-ring (bicyclic) bond motifs is 1. The average Bonchev–Trinajstić information content (AvgIpc) is 2.89. The van der Waals surface area contributed by atoms with Gasteiger partial charge in [0.1, 0.15) is 22.8 Å². The van der Waals surface area contributed by atoms with Crippen LogP contribution in [0, 0.1) is 0 Å². The van der Waals surface area contributed by atoms with Crippen LogP contribution in [-0.4, -0.2) is 52.5 Å². The van der Waals surface area contributed by atoms with Crippen LogP contribution in [-0.2, 0) is 22.3 Å². The Morgan fingerprint density at radius 2 is 1.82 bits per heavy atom. The third-order valence-electron chi connectivity index (χ3n) is 6.60. The van der Waals surface area contributed by atoms with Crippen molar-refractivity contribution >= 4 is 23.7 Å². The molecule has 0 spiro atoms. The van der Waals surface area contributed by atoms with Gasteiger partial charge in [-0.25, -0.2) is 9.59 Å². The maximum absolute atomic E-state index is 13.3. The number of amides is 1. The predicted molar refractivity (Wildman–Crippen MR) is 151 cm³/mol. The lowest BCUT2D eigenvalue weighted by molar-refractivity contribution is 0.00194. The molecule has 2 N–H and O–H groups in total. The number of benzene rings is 3. The molecule has 4 rings (SSSR count). The Balaban J connectivity index is 1.57. The topological polar surface area (TPSA) is 106 Å². The minimum absolute atomic E-state index is 0.0467. The van der Waals surface area contributed by atoms with E-state index in [0.717, 1.165) is 17.5 Å². The van der Waals surface area contributed by atoms with Crippen LogP contribution in [0.2, 0.25) is 5.02 Å². The van der Waals surface area contributed by atoms with Crippen molar-refractivity contribution in [1.82, 2.24) is 4.90 Å². The lowest BCUT2D eigenvalue weighted by Crippen LogP contribution is -2.47. The van der Waals surface area contributed by atoms with E-state index < -0.39 is 23.8 Å². The summed E-state index contributed by atoms with van der Waals surface area (Å²) in [5.74, 6) is 0.0924. The number of phenols is 1. The number of aliphatic hydroxyl groups is 1. The number of hydrogen-bond donors (Lipinski definition) is 2. The van der Waals surface area contributed by atoms with Gasteiger partial charge in [-0.15, -0.1) is 0 Å². The third-order valence-corrected chi connectivity index (χ3v) is 6.84.